The number of guanidine groups is 1. The quantitative estimate of drug-likeness (QED) is 0.372. The largest absolute Gasteiger partial charge is 0.357 e. The first-order chi connectivity index (χ1) is 15.2. The van der Waals surface area contributed by atoms with E-state index in [4.69, 9.17) is 4.99 Å². The average Bonchev–Trinajstić information content (AvgIpc) is 3.00. The second-order valence-corrected chi connectivity index (χ2v) is 8.48. The Bertz CT molecular complexity index is 698. The van der Waals surface area contributed by atoms with E-state index in [2.05, 4.69) is 51.5 Å². The molecule has 2 aliphatic rings. The number of carbonyl (C=O) groups is 1. The van der Waals surface area contributed by atoms with Crippen LogP contribution in [-0.4, -0.2) is 86.1 Å². The van der Waals surface area contributed by atoms with Crippen LogP contribution in [0.3, 0.4) is 0 Å². The second-order valence-electron chi connectivity index (χ2n) is 8.48. The first kappa shape index (κ1) is 23.3. The van der Waals surface area contributed by atoms with E-state index in [9.17, 15) is 4.79 Å². The van der Waals surface area contributed by atoms with Crippen LogP contribution in [0.25, 0.3) is 0 Å². The minimum absolute atomic E-state index is 0.311. The van der Waals surface area contributed by atoms with Crippen LogP contribution in [0.2, 0.25) is 0 Å². The van der Waals surface area contributed by atoms with Gasteiger partial charge in [-0.05, 0) is 44.9 Å². The van der Waals surface area contributed by atoms with Gasteiger partial charge in [-0.2, -0.15) is 0 Å². The van der Waals surface area contributed by atoms with Crippen molar-refractivity contribution in [1.82, 2.24) is 25.4 Å². The number of amides is 1. The molecular weight excluding hydrogens is 390 g/mol. The van der Waals surface area contributed by atoms with Gasteiger partial charge in [-0.15, -0.1) is 0 Å². The molecule has 0 aromatic carbocycles. The summed E-state index contributed by atoms with van der Waals surface area (Å²) in [6.07, 6.45) is 6.91. The van der Waals surface area contributed by atoms with E-state index in [0.29, 0.717) is 18.9 Å². The maximum atomic E-state index is 12.1. The Hall–Kier alpha value is -2.35. The maximum absolute atomic E-state index is 12.1. The van der Waals surface area contributed by atoms with Crippen LogP contribution in [0.4, 0.5) is 5.82 Å². The van der Waals surface area contributed by atoms with Gasteiger partial charge in [0.15, 0.2) is 5.96 Å². The SMILES string of the molecule is CCNC(=NCc1ccc(N2CCN(C)CC2)nc1)NCCCN1CCCCCC1=O. The first-order valence-corrected chi connectivity index (χ1v) is 11.8. The molecule has 3 rings (SSSR count). The fourth-order valence-electron chi connectivity index (χ4n) is 4.00. The minimum atomic E-state index is 0.311. The number of likely N-dealkylation sites (tertiary alicyclic amines) is 1. The molecule has 1 aromatic rings. The number of nitrogens with zero attached hydrogens (tertiary/aromatic N) is 5. The zero-order chi connectivity index (χ0) is 21.9. The van der Waals surface area contributed by atoms with Gasteiger partial charge in [0.1, 0.15) is 5.82 Å². The third-order valence-corrected chi connectivity index (χ3v) is 5.97. The predicted molar refractivity (Wildman–Crippen MR) is 126 cm³/mol. The lowest BCUT2D eigenvalue weighted by molar-refractivity contribution is -0.130. The van der Waals surface area contributed by atoms with Crippen molar-refractivity contribution in [3.63, 3.8) is 0 Å². The number of likely N-dealkylation sites (N-methyl/N-ethyl adjacent to an activating group) is 1. The monoisotopic (exact) mass is 429 g/mol. The number of hydrogen-bond acceptors (Lipinski definition) is 5. The summed E-state index contributed by atoms with van der Waals surface area (Å²) in [6, 6.07) is 4.23. The third kappa shape index (κ3) is 7.69. The molecule has 0 radical (unpaired) electrons. The molecule has 1 amide bonds. The topological polar surface area (TPSA) is 76.1 Å². The van der Waals surface area contributed by atoms with Crippen LogP contribution in [0.5, 0.6) is 0 Å². The Morgan fingerprint density at radius 2 is 1.94 bits per heavy atom. The first-order valence-electron chi connectivity index (χ1n) is 11.8. The molecule has 0 bridgehead atoms. The van der Waals surface area contributed by atoms with Crippen LogP contribution in [0.15, 0.2) is 23.3 Å². The van der Waals surface area contributed by atoms with Crippen LogP contribution >= 0.6 is 0 Å². The zero-order valence-corrected chi connectivity index (χ0v) is 19.3. The standard InChI is InChI=1S/C23H39N7O/c1-3-24-23(25-11-7-13-30-12-6-4-5-8-22(30)31)27-19-20-9-10-21(26-18-20)29-16-14-28(2)15-17-29/h9-10,18H,3-8,11-17,19H2,1-2H3,(H2,24,25,27). The number of carbonyl (C=O) groups excluding carboxylic acids is 1. The molecular formula is C23H39N7O. The highest BCUT2D eigenvalue weighted by Crippen LogP contribution is 2.14. The van der Waals surface area contributed by atoms with Crippen molar-refractivity contribution in [2.45, 2.75) is 45.6 Å². The Morgan fingerprint density at radius 3 is 2.68 bits per heavy atom. The molecule has 0 spiro atoms. The number of anilines is 1. The molecule has 0 atom stereocenters. The van der Waals surface area contributed by atoms with E-state index in [1.165, 1.54) is 6.42 Å². The zero-order valence-electron chi connectivity index (χ0n) is 19.3. The summed E-state index contributed by atoms with van der Waals surface area (Å²) < 4.78 is 0. The van der Waals surface area contributed by atoms with Gasteiger partial charge in [-0.1, -0.05) is 12.5 Å². The molecule has 8 nitrogen and oxygen atoms in total. The number of nitrogens with one attached hydrogen (secondary N) is 2. The smallest absolute Gasteiger partial charge is 0.222 e. The molecule has 2 aliphatic heterocycles. The number of aliphatic imine (C=N–C) groups is 1. The lowest BCUT2D eigenvalue weighted by Gasteiger charge is -2.33. The second kappa shape index (κ2) is 12.5. The molecule has 2 N–H and O–H groups in total. The summed E-state index contributed by atoms with van der Waals surface area (Å²) in [5, 5.41) is 6.70. The van der Waals surface area contributed by atoms with E-state index in [-0.39, 0.29) is 0 Å². The lowest BCUT2D eigenvalue weighted by Crippen LogP contribution is -2.44. The van der Waals surface area contributed by atoms with Crippen molar-refractivity contribution >= 4 is 17.7 Å². The molecule has 3 heterocycles. The van der Waals surface area contributed by atoms with Gasteiger partial charge in [0.25, 0.3) is 0 Å². The van der Waals surface area contributed by atoms with Crippen LogP contribution in [0, 0.1) is 0 Å². The number of aromatic nitrogens is 1. The van der Waals surface area contributed by atoms with Gasteiger partial charge in [-0.25, -0.2) is 9.98 Å². The third-order valence-electron chi connectivity index (χ3n) is 5.97. The highest BCUT2D eigenvalue weighted by molar-refractivity contribution is 5.79. The van der Waals surface area contributed by atoms with Crippen molar-refractivity contribution < 1.29 is 4.79 Å². The maximum Gasteiger partial charge on any atom is 0.222 e. The highest BCUT2D eigenvalue weighted by atomic mass is 16.2. The fraction of sp³-hybridized carbons (Fsp3) is 0.696. The van der Waals surface area contributed by atoms with Gasteiger partial charge in [0.2, 0.25) is 5.91 Å². The lowest BCUT2D eigenvalue weighted by atomic mass is 10.2. The summed E-state index contributed by atoms with van der Waals surface area (Å²) in [4.78, 5) is 28.2. The molecule has 1 aromatic heterocycles. The van der Waals surface area contributed by atoms with E-state index in [1.54, 1.807) is 0 Å². The molecule has 172 valence electrons. The Labute approximate surface area is 187 Å². The summed E-state index contributed by atoms with van der Waals surface area (Å²) in [5.74, 6) is 2.17. The van der Waals surface area contributed by atoms with Crippen LogP contribution in [0.1, 0.15) is 44.6 Å². The summed E-state index contributed by atoms with van der Waals surface area (Å²) in [5.41, 5.74) is 1.10. The normalized spacial score (nSPS) is 18.8. The average molecular weight is 430 g/mol. The minimum Gasteiger partial charge on any atom is -0.357 e. The fourth-order valence-corrected chi connectivity index (χ4v) is 4.00. The van der Waals surface area contributed by atoms with E-state index < -0.39 is 0 Å². The molecule has 2 fully saturated rings. The van der Waals surface area contributed by atoms with E-state index in [1.807, 2.05) is 11.1 Å². The van der Waals surface area contributed by atoms with Gasteiger partial charge in [0.05, 0.1) is 6.54 Å². The van der Waals surface area contributed by atoms with Crippen molar-refractivity contribution in [1.29, 1.82) is 0 Å². The number of rotatable bonds is 8. The van der Waals surface area contributed by atoms with Gasteiger partial charge in [-0.3, -0.25) is 4.79 Å². The van der Waals surface area contributed by atoms with E-state index >= 15 is 0 Å². The molecule has 0 saturated carbocycles. The molecule has 2 saturated heterocycles. The Kier molecular flexibility index (Phi) is 9.39. The van der Waals surface area contributed by atoms with Gasteiger partial charge < -0.3 is 25.3 Å². The van der Waals surface area contributed by atoms with Crippen molar-refractivity contribution in [2.75, 3.05) is 64.3 Å². The molecule has 0 unspecified atom stereocenters. The predicted octanol–water partition coefficient (Wildman–Crippen LogP) is 1.68. The summed E-state index contributed by atoms with van der Waals surface area (Å²) >= 11 is 0. The van der Waals surface area contributed by atoms with Crippen LogP contribution in [-0.2, 0) is 11.3 Å². The summed E-state index contributed by atoms with van der Waals surface area (Å²) in [7, 11) is 2.16. The van der Waals surface area contributed by atoms with E-state index in [0.717, 1.165) is 89.0 Å². The van der Waals surface area contributed by atoms with Crippen molar-refractivity contribution in [3.8, 4) is 0 Å². The Balaban J connectivity index is 1.43. The van der Waals surface area contributed by atoms with Crippen molar-refractivity contribution in [3.05, 3.63) is 23.9 Å². The van der Waals surface area contributed by atoms with Crippen molar-refractivity contribution in [2.24, 2.45) is 4.99 Å². The number of piperazine rings is 1. The van der Waals surface area contributed by atoms with Crippen LogP contribution < -0.4 is 15.5 Å². The van der Waals surface area contributed by atoms with Gasteiger partial charge >= 0.3 is 0 Å². The Morgan fingerprint density at radius 1 is 1.10 bits per heavy atom. The number of pyridine rings is 1. The molecule has 8 heteroatoms. The van der Waals surface area contributed by atoms with Gasteiger partial charge in [0, 0.05) is 65.0 Å². The highest BCUT2D eigenvalue weighted by Gasteiger charge is 2.16. The molecule has 31 heavy (non-hydrogen) atoms. The summed E-state index contributed by atoms with van der Waals surface area (Å²) in [6.45, 7) is 10.2. The molecule has 0 aliphatic carbocycles. The number of hydrogen-bond donors (Lipinski definition) is 2.